The number of hydrogen-bond acceptors (Lipinski definition) is 1. The molecule has 0 heterocycles. The van der Waals surface area contributed by atoms with Crippen LogP contribution >= 0.6 is 11.6 Å². The fraction of sp³-hybridized carbons (Fsp3) is 0.500. The Bertz CT molecular complexity index is 369. The number of Topliss-reactive ketones (excluding diaryl/α,β-unsaturated/α-hetero) is 1. The number of hydrogen-bond donors (Lipinski definition) is 0. The van der Waals surface area contributed by atoms with Gasteiger partial charge in [0.1, 0.15) is 0 Å². The number of halogens is 1. The third kappa shape index (κ3) is 2.65. The molecule has 1 aromatic carbocycles. The summed E-state index contributed by atoms with van der Waals surface area (Å²) in [5, 5.41) is 0.688. The van der Waals surface area contributed by atoms with Crippen LogP contribution in [0.2, 0.25) is 5.02 Å². The van der Waals surface area contributed by atoms with E-state index < -0.39 is 0 Å². The highest BCUT2D eigenvalue weighted by molar-refractivity contribution is 6.30. The van der Waals surface area contributed by atoms with Gasteiger partial charge in [0, 0.05) is 16.5 Å². The second-order valence-electron chi connectivity index (χ2n) is 4.84. The zero-order valence-electron chi connectivity index (χ0n) is 9.58. The predicted molar refractivity (Wildman–Crippen MR) is 66.9 cm³/mol. The highest BCUT2D eigenvalue weighted by atomic mass is 35.5. The molecule has 0 unspecified atom stereocenters. The fourth-order valence-corrected chi connectivity index (χ4v) is 2.65. The van der Waals surface area contributed by atoms with Crippen molar-refractivity contribution in [3.8, 4) is 0 Å². The summed E-state index contributed by atoms with van der Waals surface area (Å²) in [7, 11) is 0. The Hall–Kier alpha value is -0.820. The molecule has 0 aliphatic heterocycles. The third-order valence-electron chi connectivity index (χ3n) is 3.44. The molecule has 2 heteroatoms. The number of carbonyl (C=O) groups excluding carboxylic acids is 1. The van der Waals surface area contributed by atoms with Crippen LogP contribution in [0, 0.1) is 11.8 Å². The summed E-state index contributed by atoms with van der Waals surface area (Å²) in [5.74, 6) is 1.21. The van der Waals surface area contributed by atoms with Crippen molar-refractivity contribution in [2.24, 2.45) is 11.8 Å². The van der Waals surface area contributed by atoms with Gasteiger partial charge in [-0.1, -0.05) is 31.4 Å². The molecule has 16 heavy (non-hydrogen) atoms. The summed E-state index contributed by atoms with van der Waals surface area (Å²) in [4.78, 5) is 12.2. The lowest BCUT2D eigenvalue weighted by Crippen LogP contribution is -2.21. The average Bonchev–Trinajstić information content (AvgIpc) is 2.29. The van der Waals surface area contributed by atoms with E-state index in [9.17, 15) is 4.79 Å². The maximum atomic E-state index is 12.2. The maximum Gasteiger partial charge on any atom is 0.165 e. The molecule has 1 saturated carbocycles. The molecular weight excluding hydrogens is 220 g/mol. The molecule has 2 atom stereocenters. The topological polar surface area (TPSA) is 17.1 Å². The summed E-state index contributed by atoms with van der Waals surface area (Å²) < 4.78 is 0. The normalized spacial score (nSPS) is 25.4. The largest absolute Gasteiger partial charge is 0.294 e. The Morgan fingerprint density at radius 2 is 1.94 bits per heavy atom. The zero-order chi connectivity index (χ0) is 11.5. The van der Waals surface area contributed by atoms with Crippen molar-refractivity contribution >= 4 is 17.4 Å². The van der Waals surface area contributed by atoms with Crippen LogP contribution in [0.5, 0.6) is 0 Å². The Morgan fingerprint density at radius 3 is 2.56 bits per heavy atom. The Labute approximate surface area is 102 Å². The minimum absolute atomic E-state index is 0.227. The van der Waals surface area contributed by atoms with Crippen molar-refractivity contribution in [1.82, 2.24) is 0 Å². The average molecular weight is 237 g/mol. The molecule has 0 saturated heterocycles. The second kappa shape index (κ2) is 5.01. The van der Waals surface area contributed by atoms with Gasteiger partial charge < -0.3 is 0 Å². The van der Waals surface area contributed by atoms with Crippen LogP contribution in [-0.2, 0) is 0 Å². The monoisotopic (exact) mass is 236 g/mol. The molecule has 1 nitrogen and oxygen atoms in total. The summed E-state index contributed by atoms with van der Waals surface area (Å²) in [5.41, 5.74) is 0.809. The van der Waals surface area contributed by atoms with E-state index in [4.69, 9.17) is 11.6 Å². The molecule has 1 fully saturated rings. The fourth-order valence-electron chi connectivity index (χ4n) is 2.52. The van der Waals surface area contributed by atoms with E-state index in [-0.39, 0.29) is 5.92 Å². The Kier molecular flexibility index (Phi) is 3.65. The molecule has 0 amide bonds. The first kappa shape index (κ1) is 11.7. The van der Waals surface area contributed by atoms with Gasteiger partial charge in [-0.3, -0.25) is 4.79 Å². The van der Waals surface area contributed by atoms with Gasteiger partial charge in [0.25, 0.3) is 0 Å². The minimum atomic E-state index is 0.227. The first-order valence-electron chi connectivity index (χ1n) is 5.96. The number of benzene rings is 1. The first-order valence-corrected chi connectivity index (χ1v) is 6.34. The van der Waals surface area contributed by atoms with E-state index in [2.05, 4.69) is 6.92 Å². The highest BCUT2D eigenvalue weighted by Crippen LogP contribution is 2.31. The van der Waals surface area contributed by atoms with E-state index in [1.165, 1.54) is 12.8 Å². The van der Waals surface area contributed by atoms with Gasteiger partial charge in [-0.25, -0.2) is 0 Å². The van der Waals surface area contributed by atoms with Gasteiger partial charge in [0.15, 0.2) is 5.78 Å². The standard InChI is InChI=1S/C14H17ClO/c1-10-3-2-4-12(9-10)14(16)11-5-7-13(15)8-6-11/h5-8,10,12H,2-4,9H2,1H3/t10-,12+/m1/s1. The van der Waals surface area contributed by atoms with Crippen molar-refractivity contribution in [2.45, 2.75) is 32.6 Å². The number of ketones is 1. The summed E-state index contributed by atoms with van der Waals surface area (Å²) >= 11 is 5.81. The van der Waals surface area contributed by atoms with Gasteiger partial charge in [0.2, 0.25) is 0 Å². The first-order chi connectivity index (χ1) is 7.66. The van der Waals surface area contributed by atoms with Gasteiger partial charge in [-0.15, -0.1) is 0 Å². The van der Waals surface area contributed by atoms with Crippen molar-refractivity contribution in [3.05, 3.63) is 34.9 Å². The highest BCUT2D eigenvalue weighted by Gasteiger charge is 2.25. The molecule has 0 bridgehead atoms. The molecular formula is C14H17ClO. The SMILES string of the molecule is C[C@@H]1CCC[C@H](C(=O)c2ccc(Cl)cc2)C1. The van der Waals surface area contributed by atoms with Gasteiger partial charge in [0.05, 0.1) is 0 Å². The van der Waals surface area contributed by atoms with Crippen molar-refractivity contribution in [1.29, 1.82) is 0 Å². The molecule has 0 aromatic heterocycles. The van der Waals surface area contributed by atoms with Crippen LogP contribution in [-0.4, -0.2) is 5.78 Å². The van der Waals surface area contributed by atoms with Crippen LogP contribution in [0.15, 0.2) is 24.3 Å². The molecule has 0 N–H and O–H groups in total. The zero-order valence-corrected chi connectivity index (χ0v) is 10.3. The molecule has 1 aliphatic carbocycles. The van der Waals surface area contributed by atoms with Crippen LogP contribution < -0.4 is 0 Å². The second-order valence-corrected chi connectivity index (χ2v) is 5.28. The lowest BCUT2D eigenvalue weighted by molar-refractivity contribution is 0.0868. The van der Waals surface area contributed by atoms with Crippen LogP contribution in [0.3, 0.4) is 0 Å². The predicted octanol–water partition coefficient (Wildman–Crippen LogP) is 4.35. The van der Waals surface area contributed by atoms with Crippen LogP contribution in [0.4, 0.5) is 0 Å². The summed E-state index contributed by atoms with van der Waals surface area (Å²) in [6, 6.07) is 7.26. The van der Waals surface area contributed by atoms with Crippen molar-refractivity contribution in [2.75, 3.05) is 0 Å². The lowest BCUT2D eigenvalue weighted by atomic mass is 9.79. The van der Waals surface area contributed by atoms with E-state index in [0.717, 1.165) is 18.4 Å². The minimum Gasteiger partial charge on any atom is -0.294 e. The lowest BCUT2D eigenvalue weighted by Gasteiger charge is -2.25. The number of rotatable bonds is 2. The van der Waals surface area contributed by atoms with E-state index >= 15 is 0 Å². The maximum absolute atomic E-state index is 12.2. The number of carbonyl (C=O) groups is 1. The van der Waals surface area contributed by atoms with Gasteiger partial charge in [-0.2, -0.15) is 0 Å². The molecule has 0 spiro atoms. The van der Waals surface area contributed by atoms with Crippen molar-refractivity contribution < 1.29 is 4.79 Å². The van der Waals surface area contributed by atoms with Crippen LogP contribution in [0.1, 0.15) is 43.0 Å². The molecule has 0 radical (unpaired) electrons. The molecule has 2 rings (SSSR count). The van der Waals surface area contributed by atoms with Gasteiger partial charge in [-0.05, 0) is 43.0 Å². The molecule has 1 aromatic rings. The summed E-state index contributed by atoms with van der Waals surface area (Å²) in [6.07, 6.45) is 4.54. The van der Waals surface area contributed by atoms with Crippen LogP contribution in [0.25, 0.3) is 0 Å². The Balaban J connectivity index is 2.09. The van der Waals surface area contributed by atoms with E-state index in [1.54, 1.807) is 12.1 Å². The van der Waals surface area contributed by atoms with E-state index in [1.807, 2.05) is 12.1 Å². The third-order valence-corrected chi connectivity index (χ3v) is 3.69. The Morgan fingerprint density at radius 1 is 1.25 bits per heavy atom. The van der Waals surface area contributed by atoms with E-state index in [0.29, 0.717) is 16.7 Å². The molecule has 86 valence electrons. The smallest absolute Gasteiger partial charge is 0.165 e. The van der Waals surface area contributed by atoms with Crippen molar-refractivity contribution in [3.63, 3.8) is 0 Å². The molecule has 1 aliphatic rings. The van der Waals surface area contributed by atoms with Gasteiger partial charge >= 0.3 is 0 Å². The quantitative estimate of drug-likeness (QED) is 0.698. The summed E-state index contributed by atoms with van der Waals surface area (Å²) in [6.45, 7) is 2.24.